The zero-order chi connectivity index (χ0) is 8.93. The molecule has 1 atom stereocenters. The highest BCUT2D eigenvalue weighted by molar-refractivity contribution is 5.42. The van der Waals surface area contributed by atoms with Gasteiger partial charge in [-0.25, -0.2) is 0 Å². The van der Waals surface area contributed by atoms with Crippen LogP contribution in [0.3, 0.4) is 0 Å². The van der Waals surface area contributed by atoms with Gasteiger partial charge in [-0.2, -0.15) is 0 Å². The molecule has 0 spiro atoms. The van der Waals surface area contributed by atoms with Gasteiger partial charge in [0, 0.05) is 18.7 Å². The predicted molar refractivity (Wildman–Crippen MR) is 48.1 cm³/mol. The molecule has 1 aromatic heterocycles. The van der Waals surface area contributed by atoms with Crippen molar-refractivity contribution in [3.05, 3.63) is 24.1 Å². The first-order chi connectivity index (χ1) is 6.45. The number of morpholine rings is 1. The summed E-state index contributed by atoms with van der Waals surface area (Å²) in [5.41, 5.74) is 0. The summed E-state index contributed by atoms with van der Waals surface area (Å²) >= 11 is 0. The van der Waals surface area contributed by atoms with E-state index in [0.717, 1.165) is 25.5 Å². The minimum absolute atomic E-state index is 0.291. The molecule has 0 aliphatic carbocycles. The monoisotopic (exact) mass is 180 g/mol. The van der Waals surface area contributed by atoms with E-state index >= 15 is 0 Å². The van der Waals surface area contributed by atoms with Gasteiger partial charge in [-0.15, -0.1) is 0 Å². The average Bonchev–Trinajstić information content (AvgIpc) is 2.69. The predicted octanol–water partition coefficient (Wildman–Crippen LogP) is 0.676. The van der Waals surface area contributed by atoms with Gasteiger partial charge in [0.2, 0.25) is 0 Å². The number of aromatic nitrogens is 1. The standard InChI is InChI=1S/C9H12N2O2/c1(2-9-3-4-11-13-9)8-7-12-6-5-10-8/h1-4,8,10H,5-7H2/b2-1-. The minimum atomic E-state index is 0.291. The first-order valence-electron chi connectivity index (χ1n) is 4.35. The number of nitrogens with one attached hydrogen (secondary N) is 1. The van der Waals surface area contributed by atoms with Crippen molar-refractivity contribution in [2.24, 2.45) is 0 Å². The highest BCUT2D eigenvalue weighted by atomic mass is 16.5. The molecular weight excluding hydrogens is 168 g/mol. The Morgan fingerprint density at radius 2 is 2.62 bits per heavy atom. The maximum absolute atomic E-state index is 5.29. The fraction of sp³-hybridized carbons (Fsp3) is 0.444. The Morgan fingerprint density at radius 3 is 3.31 bits per heavy atom. The summed E-state index contributed by atoms with van der Waals surface area (Å²) < 4.78 is 10.2. The van der Waals surface area contributed by atoms with Crippen LogP contribution in [-0.4, -0.2) is 31.0 Å². The van der Waals surface area contributed by atoms with Gasteiger partial charge in [0.05, 0.1) is 19.4 Å². The second kappa shape index (κ2) is 4.20. The largest absolute Gasteiger partial charge is 0.378 e. The van der Waals surface area contributed by atoms with Gasteiger partial charge in [-0.3, -0.25) is 0 Å². The van der Waals surface area contributed by atoms with Crippen LogP contribution in [-0.2, 0) is 4.74 Å². The summed E-state index contributed by atoms with van der Waals surface area (Å²) in [6.07, 6.45) is 5.56. The zero-order valence-electron chi connectivity index (χ0n) is 7.27. The highest BCUT2D eigenvalue weighted by Gasteiger charge is 2.08. The van der Waals surface area contributed by atoms with E-state index in [2.05, 4.69) is 10.5 Å². The van der Waals surface area contributed by atoms with Crippen molar-refractivity contribution in [1.29, 1.82) is 0 Å². The van der Waals surface area contributed by atoms with Crippen molar-refractivity contribution < 1.29 is 9.26 Å². The average molecular weight is 180 g/mol. The molecule has 2 heterocycles. The van der Waals surface area contributed by atoms with Crippen molar-refractivity contribution in [3.63, 3.8) is 0 Å². The molecule has 1 aliphatic heterocycles. The van der Waals surface area contributed by atoms with Crippen LogP contribution >= 0.6 is 0 Å². The summed E-state index contributed by atoms with van der Waals surface area (Å²) in [6.45, 7) is 2.43. The van der Waals surface area contributed by atoms with E-state index in [1.807, 2.05) is 18.2 Å². The third-order valence-electron chi connectivity index (χ3n) is 1.90. The minimum Gasteiger partial charge on any atom is -0.378 e. The first-order valence-corrected chi connectivity index (χ1v) is 4.35. The van der Waals surface area contributed by atoms with E-state index in [4.69, 9.17) is 9.26 Å². The molecule has 0 amide bonds. The van der Waals surface area contributed by atoms with E-state index < -0.39 is 0 Å². The fourth-order valence-electron chi connectivity index (χ4n) is 1.23. The quantitative estimate of drug-likeness (QED) is 0.727. The molecule has 0 bridgehead atoms. The second-order valence-electron chi connectivity index (χ2n) is 2.91. The van der Waals surface area contributed by atoms with Crippen LogP contribution in [0.5, 0.6) is 0 Å². The summed E-state index contributed by atoms with van der Waals surface area (Å²) in [6, 6.07) is 2.11. The molecule has 70 valence electrons. The number of hydrogen-bond acceptors (Lipinski definition) is 4. The lowest BCUT2D eigenvalue weighted by molar-refractivity contribution is 0.0903. The van der Waals surface area contributed by atoms with Crippen LogP contribution in [0.4, 0.5) is 0 Å². The van der Waals surface area contributed by atoms with Crippen LogP contribution in [0.15, 0.2) is 22.9 Å². The van der Waals surface area contributed by atoms with E-state index in [1.165, 1.54) is 0 Å². The molecule has 2 rings (SSSR count). The van der Waals surface area contributed by atoms with E-state index in [-0.39, 0.29) is 0 Å². The first kappa shape index (κ1) is 8.47. The molecule has 1 N–H and O–H groups in total. The number of rotatable bonds is 2. The molecule has 1 fully saturated rings. The third-order valence-corrected chi connectivity index (χ3v) is 1.90. The van der Waals surface area contributed by atoms with Gasteiger partial charge < -0.3 is 14.6 Å². The molecule has 0 aromatic carbocycles. The smallest absolute Gasteiger partial charge is 0.159 e. The van der Waals surface area contributed by atoms with E-state index in [0.29, 0.717) is 6.04 Å². The fourth-order valence-corrected chi connectivity index (χ4v) is 1.23. The zero-order valence-corrected chi connectivity index (χ0v) is 7.27. The van der Waals surface area contributed by atoms with Gasteiger partial charge >= 0.3 is 0 Å². The lowest BCUT2D eigenvalue weighted by Gasteiger charge is -2.20. The normalized spacial score (nSPS) is 23.8. The number of hydrogen-bond donors (Lipinski definition) is 1. The molecule has 1 aromatic rings. The summed E-state index contributed by atoms with van der Waals surface area (Å²) in [7, 11) is 0. The molecule has 4 nitrogen and oxygen atoms in total. The Morgan fingerprint density at radius 1 is 1.62 bits per heavy atom. The SMILES string of the molecule is C(=C/C1COCCN1)/c1ccno1. The summed E-state index contributed by atoms with van der Waals surface area (Å²) in [5.74, 6) is 0.771. The Hall–Kier alpha value is -1.13. The van der Waals surface area contributed by atoms with Gasteiger partial charge in [-0.05, 0) is 6.08 Å². The van der Waals surface area contributed by atoms with E-state index in [9.17, 15) is 0 Å². The Bertz CT molecular complexity index is 263. The van der Waals surface area contributed by atoms with Crippen LogP contribution in [0.2, 0.25) is 0 Å². The molecule has 4 heteroatoms. The highest BCUT2D eigenvalue weighted by Crippen LogP contribution is 2.02. The summed E-state index contributed by atoms with van der Waals surface area (Å²) in [5, 5.41) is 6.92. The van der Waals surface area contributed by atoms with Gasteiger partial charge in [0.15, 0.2) is 5.76 Å². The molecule has 0 radical (unpaired) electrons. The Kier molecular flexibility index (Phi) is 2.74. The van der Waals surface area contributed by atoms with Crippen LogP contribution < -0.4 is 5.32 Å². The van der Waals surface area contributed by atoms with Crippen LogP contribution in [0.25, 0.3) is 6.08 Å². The van der Waals surface area contributed by atoms with Crippen molar-refractivity contribution in [2.45, 2.75) is 6.04 Å². The molecule has 1 unspecified atom stereocenters. The maximum Gasteiger partial charge on any atom is 0.159 e. The number of ether oxygens (including phenoxy) is 1. The molecular formula is C9H12N2O2. The Labute approximate surface area is 76.6 Å². The second-order valence-corrected chi connectivity index (χ2v) is 2.91. The van der Waals surface area contributed by atoms with Crippen molar-refractivity contribution in [3.8, 4) is 0 Å². The Balaban J connectivity index is 1.89. The molecule has 13 heavy (non-hydrogen) atoms. The van der Waals surface area contributed by atoms with Crippen molar-refractivity contribution >= 4 is 6.08 Å². The maximum atomic E-state index is 5.29. The van der Waals surface area contributed by atoms with Crippen LogP contribution in [0.1, 0.15) is 5.76 Å². The van der Waals surface area contributed by atoms with Gasteiger partial charge in [0.25, 0.3) is 0 Å². The lowest BCUT2D eigenvalue weighted by atomic mass is 10.2. The topological polar surface area (TPSA) is 47.3 Å². The third kappa shape index (κ3) is 2.40. The summed E-state index contributed by atoms with van der Waals surface area (Å²) in [4.78, 5) is 0. The van der Waals surface area contributed by atoms with Crippen molar-refractivity contribution in [2.75, 3.05) is 19.8 Å². The van der Waals surface area contributed by atoms with Gasteiger partial charge in [0.1, 0.15) is 0 Å². The lowest BCUT2D eigenvalue weighted by Crippen LogP contribution is -2.39. The van der Waals surface area contributed by atoms with Gasteiger partial charge in [-0.1, -0.05) is 11.2 Å². The van der Waals surface area contributed by atoms with Crippen molar-refractivity contribution in [1.82, 2.24) is 10.5 Å². The van der Waals surface area contributed by atoms with E-state index in [1.54, 1.807) is 6.20 Å². The molecule has 1 saturated heterocycles. The molecule has 0 saturated carbocycles. The molecule has 1 aliphatic rings. The van der Waals surface area contributed by atoms with Crippen LogP contribution in [0, 0.1) is 0 Å². The number of nitrogens with zero attached hydrogens (tertiary/aromatic N) is 1.